The largest absolute Gasteiger partial charge is 0.460 e. The number of rotatable bonds is 16. The summed E-state index contributed by atoms with van der Waals surface area (Å²) in [6.07, 6.45) is 14.8. The van der Waals surface area contributed by atoms with Crippen molar-refractivity contribution in [2.45, 2.75) is 110 Å². The Bertz CT molecular complexity index is 568. The number of unbranched alkanes of at least 4 members (excludes halogenated alkanes) is 4. The second-order valence-corrected chi connectivity index (χ2v) is 8.69. The molecule has 0 amide bonds. The van der Waals surface area contributed by atoms with Gasteiger partial charge in [-0.25, -0.2) is 4.79 Å². The number of carbonyl (C=O) groups excluding carboxylic acids is 3. The van der Waals surface area contributed by atoms with Gasteiger partial charge in [-0.2, -0.15) is 0 Å². The number of aliphatic hydroxyl groups is 1. The van der Waals surface area contributed by atoms with Gasteiger partial charge < -0.3 is 9.84 Å². The topological polar surface area (TPSA) is 80.7 Å². The average Bonchev–Trinajstić information content (AvgIpc) is 3.08. The number of allylic oxidation sites excluding steroid dienone is 1. The van der Waals surface area contributed by atoms with Gasteiger partial charge in [0.2, 0.25) is 5.78 Å². The molecule has 0 saturated heterocycles. The molecule has 1 unspecified atom stereocenters. The van der Waals surface area contributed by atoms with Crippen molar-refractivity contribution in [1.82, 2.24) is 0 Å². The maximum atomic E-state index is 12.3. The lowest BCUT2D eigenvalue weighted by Crippen LogP contribution is -2.26. The third kappa shape index (κ3) is 9.55. The molecule has 0 aromatic rings. The first-order valence-electron chi connectivity index (χ1n) is 12.0. The second kappa shape index (κ2) is 14.5. The smallest absolute Gasteiger partial charge is 0.374 e. The van der Waals surface area contributed by atoms with Crippen molar-refractivity contribution in [3.63, 3.8) is 0 Å². The summed E-state index contributed by atoms with van der Waals surface area (Å²) in [7, 11) is 0. The number of Topliss-reactive ketones (excluding diaryl/α,β-unsaturated/α-hetero) is 2. The minimum atomic E-state index is -0.728. The molecule has 1 N–H and O–H groups in total. The molecule has 1 rings (SSSR count). The van der Waals surface area contributed by atoms with Gasteiger partial charge in [0.1, 0.15) is 5.78 Å². The fraction of sp³-hybridized carbons (Fsp3) is 0.800. The Hall–Kier alpha value is -1.49. The van der Waals surface area contributed by atoms with E-state index in [4.69, 9.17) is 4.74 Å². The van der Waals surface area contributed by atoms with E-state index in [2.05, 4.69) is 19.1 Å². The molecule has 0 aromatic carbocycles. The lowest BCUT2D eigenvalue weighted by molar-refractivity contribution is -0.153. The molecule has 0 spiro atoms. The Morgan fingerprint density at radius 2 is 1.87 bits per heavy atom. The molecule has 1 aliphatic carbocycles. The van der Waals surface area contributed by atoms with Gasteiger partial charge in [0.25, 0.3) is 0 Å². The van der Waals surface area contributed by atoms with Crippen LogP contribution in [0, 0.1) is 11.8 Å². The van der Waals surface area contributed by atoms with E-state index in [-0.39, 0.29) is 24.9 Å². The van der Waals surface area contributed by atoms with Gasteiger partial charge in [0.15, 0.2) is 0 Å². The number of ether oxygens (including phenoxy) is 1. The van der Waals surface area contributed by atoms with E-state index in [0.717, 1.165) is 57.8 Å². The highest BCUT2D eigenvalue weighted by Gasteiger charge is 2.32. The van der Waals surface area contributed by atoms with Crippen LogP contribution in [-0.4, -0.2) is 34.9 Å². The standard InChI is InChI=1S/C25H42O5/c1-4-7-18-25(29,5-2)19-12-13-20-16-17-22(26)21(20)14-10-8-9-11-15-23(27)24(28)30-6-3/h12-13,20-21,29H,4-11,14-19H2,1-3H3/t20-,21+,25?/m0/s1. The predicted molar refractivity (Wildman–Crippen MR) is 119 cm³/mol. The highest BCUT2D eigenvalue weighted by molar-refractivity contribution is 6.33. The van der Waals surface area contributed by atoms with Crippen molar-refractivity contribution < 1.29 is 24.2 Å². The summed E-state index contributed by atoms with van der Waals surface area (Å²) in [5, 5.41) is 10.7. The van der Waals surface area contributed by atoms with E-state index >= 15 is 0 Å². The van der Waals surface area contributed by atoms with Crippen LogP contribution in [0.15, 0.2) is 12.2 Å². The fourth-order valence-corrected chi connectivity index (χ4v) is 4.25. The van der Waals surface area contributed by atoms with Gasteiger partial charge in [-0.05, 0) is 51.4 Å². The molecule has 3 atom stereocenters. The van der Waals surface area contributed by atoms with Crippen LogP contribution in [-0.2, 0) is 19.1 Å². The molecule has 30 heavy (non-hydrogen) atoms. The van der Waals surface area contributed by atoms with Gasteiger partial charge in [0, 0.05) is 18.8 Å². The lowest BCUT2D eigenvalue weighted by atomic mass is 9.87. The molecule has 172 valence electrons. The van der Waals surface area contributed by atoms with Gasteiger partial charge >= 0.3 is 5.97 Å². The minimum absolute atomic E-state index is 0.0905. The summed E-state index contributed by atoms with van der Waals surface area (Å²) in [6.45, 7) is 6.09. The van der Waals surface area contributed by atoms with E-state index < -0.39 is 17.4 Å². The van der Waals surface area contributed by atoms with Crippen LogP contribution in [0.3, 0.4) is 0 Å². The van der Waals surface area contributed by atoms with Gasteiger partial charge in [-0.1, -0.05) is 58.1 Å². The quantitative estimate of drug-likeness (QED) is 0.157. The van der Waals surface area contributed by atoms with Crippen LogP contribution in [0.1, 0.15) is 104 Å². The molecule has 1 aliphatic rings. The highest BCUT2D eigenvalue weighted by atomic mass is 16.5. The summed E-state index contributed by atoms with van der Waals surface area (Å²) >= 11 is 0. The number of hydrogen-bond donors (Lipinski definition) is 1. The van der Waals surface area contributed by atoms with Crippen molar-refractivity contribution in [1.29, 1.82) is 0 Å². The first-order valence-corrected chi connectivity index (χ1v) is 12.0. The number of esters is 1. The van der Waals surface area contributed by atoms with E-state index in [9.17, 15) is 19.5 Å². The molecule has 1 fully saturated rings. The van der Waals surface area contributed by atoms with Crippen LogP contribution < -0.4 is 0 Å². The first kappa shape index (κ1) is 26.5. The Kier molecular flexibility index (Phi) is 12.8. The second-order valence-electron chi connectivity index (χ2n) is 8.69. The molecule has 0 heterocycles. The summed E-state index contributed by atoms with van der Waals surface area (Å²) in [4.78, 5) is 35.2. The van der Waals surface area contributed by atoms with Crippen LogP contribution >= 0.6 is 0 Å². The summed E-state index contributed by atoms with van der Waals surface area (Å²) in [5.41, 5.74) is -0.619. The van der Waals surface area contributed by atoms with E-state index in [1.54, 1.807) is 6.92 Å². The molecule has 0 radical (unpaired) electrons. The highest BCUT2D eigenvalue weighted by Crippen LogP contribution is 2.34. The average molecular weight is 423 g/mol. The Balaban J connectivity index is 2.34. The molecule has 5 heteroatoms. The molecule has 0 aliphatic heterocycles. The van der Waals surface area contributed by atoms with Crippen LogP contribution in [0.4, 0.5) is 0 Å². The molecule has 0 aromatic heterocycles. The number of hydrogen-bond acceptors (Lipinski definition) is 5. The summed E-state index contributed by atoms with van der Waals surface area (Å²) in [5.74, 6) is -0.436. The molecule has 1 saturated carbocycles. The monoisotopic (exact) mass is 422 g/mol. The molecular weight excluding hydrogens is 380 g/mol. The fourth-order valence-electron chi connectivity index (χ4n) is 4.25. The lowest BCUT2D eigenvalue weighted by Gasteiger charge is -2.25. The Morgan fingerprint density at radius 1 is 1.13 bits per heavy atom. The Labute approximate surface area is 182 Å². The van der Waals surface area contributed by atoms with Crippen LogP contribution in [0.25, 0.3) is 0 Å². The normalized spacial score (nSPS) is 21.1. The first-order chi connectivity index (χ1) is 14.4. The maximum Gasteiger partial charge on any atom is 0.374 e. The molecular formula is C25H42O5. The van der Waals surface area contributed by atoms with Crippen LogP contribution in [0.5, 0.6) is 0 Å². The van der Waals surface area contributed by atoms with Gasteiger partial charge in [0.05, 0.1) is 12.2 Å². The van der Waals surface area contributed by atoms with Crippen molar-refractivity contribution in [3.05, 3.63) is 12.2 Å². The summed E-state index contributed by atoms with van der Waals surface area (Å²) < 4.78 is 4.70. The maximum absolute atomic E-state index is 12.3. The number of carbonyl (C=O) groups is 3. The minimum Gasteiger partial charge on any atom is -0.460 e. The zero-order valence-corrected chi connectivity index (χ0v) is 19.3. The summed E-state index contributed by atoms with van der Waals surface area (Å²) in [6, 6.07) is 0. The van der Waals surface area contributed by atoms with Crippen molar-refractivity contribution in [3.8, 4) is 0 Å². The molecule has 0 bridgehead atoms. The Morgan fingerprint density at radius 3 is 2.53 bits per heavy atom. The van der Waals surface area contributed by atoms with Gasteiger partial charge in [-0.3, -0.25) is 9.59 Å². The predicted octanol–water partition coefficient (Wildman–Crippen LogP) is 5.33. The third-order valence-corrected chi connectivity index (χ3v) is 6.36. The van der Waals surface area contributed by atoms with Crippen molar-refractivity contribution in [2.75, 3.05) is 6.61 Å². The van der Waals surface area contributed by atoms with E-state index in [0.29, 0.717) is 25.0 Å². The van der Waals surface area contributed by atoms with Crippen molar-refractivity contribution >= 4 is 17.5 Å². The van der Waals surface area contributed by atoms with E-state index in [1.165, 1.54) is 0 Å². The van der Waals surface area contributed by atoms with Crippen molar-refractivity contribution in [2.24, 2.45) is 11.8 Å². The SMILES string of the molecule is CCCCC(O)(CC)CC=C[C@H]1CCC(=O)[C@@H]1CCCCCCC(=O)C(=O)OCC. The van der Waals surface area contributed by atoms with Crippen LogP contribution in [0.2, 0.25) is 0 Å². The zero-order chi connectivity index (χ0) is 22.4. The zero-order valence-electron chi connectivity index (χ0n) is 19.3. The van der Waals surface area contributed by atoms with Gasteiger partial charge in [-0.15, -0.1) is 0 Å². The third-order valence-electron chi connectivity index (χ3n) is 6.36. The van der Waals surface area contributed by atoms with E-state index in [1.807, 2.05) is 6.92 Å². The number of ketones is 2. The molecule has 5 nitrogen and oxygen atoms in total.